The summed E-state index contributed by atoms with van der Waals surface area (Å²) in [6.07, 6.45) is 1.90. The van der Waals surface area contributed by atoms with E-state index >= 15 is 0 Å². The minimum atomic E-state index is -3.42. The smallest absolute Gasteiger partial charge is 0.250 e. The maximum Gasteiger partial charge on any atom is 0.250 e. The molecule has 1 aromatic rings. The zero-order chi connectivity index (χ0) is 13.2. The molecule has 0 unspecified atom stereocenters. The van der Waals surface area contributed by atoms with E-state index in [4.69, 9.17) is 0 Å². The van der Waals surface area contributed by atoms with Gasteiger partial charge in [0.05, 0.1) is 0 Å². The van der Waals surface area contributed by atoms with Crippen LogP contribution < -0.4 is 10.0 Å². The third-order valence-electron chi connectivity index (χ3n) is 2.65. The zero-order valence-electron chi connectivity index (χ0n) is 10.1. The van der Waals surface area contributed by atoms with E-state index in [-0.39, 0.29) is 18.4 Å². The van der Waals surface area contributed by atoms with Gasteiger partial charge >= 0.3 is 0 Å². The number of carbonyl (C=O) groups excluding carboxylic acids is 1. The van der Waals surface area contributed by atoms with E-state index in [9.17, 15) is 13.2 Å². The summed E-state index contributed by atoms with van der Waals surface area (Å²) in [5.74, 6) is 0.183. The van der Waals surface area contributed by atoms with Crippen LogP contribution in [0, 0.1) is 12.8 Å². The molecule has 0 saturated heterocycles. The highest BCUT2D eigenvalue weighted by Gasteiger charge is 2.29. The van der Waals surface area contributed by atoms with Crippen molar-refractivity contribution in [2.24, 2.45) is 5.92 Å². The van der Waals surface area contributed by atoms with Crippen LogP contribution >= 0.6 is 11.3 Å². The van der Waals surface area contributed by atoms with Crippen molar-refractivity contribution in [3.63, 3.8) is 0 Å². The molecule has 0 atom stereocenters. The lowest BCUT2D eigenvalue weighted by Gasteiger charge is -2.06. The number of amides is 1. The molecule has 2 N–H and O–H groups in total. The van der Waals surface area contributed by atoms with E-state index in [0.717, 1.165) is 17.7 Å². The molecule has 1 saturated carbocycles. The van der Waals surface area contributed by atoms with Crippen molar-refractivity contribution in [2.45, 2.75) is 24.0 Å². The molecular formula is C11H16N2O3S2. The van der Waals surface area contributed by atoms with Gasteiger partial charge in [0.25, 0.3) is 0 Å². The van der Waals surface area contributed by atoms with Gasteiger partial charge < -0.3 is 5.32 Å². The molecule has 1 aliphatic carbocycles. The third kappa shape index (κ3) is 3.54. The molecule has 18 heavy (non-hydrogen) atoms. The van der Waals surface area contributed by atoms with Crippen LogP contribution in [0.4, 0.5) is 0 Å². The fourth-order valence-electron chi connectivity index (χ4n) is 1.49. The Labute approximate surface area is 111 Å². The summed E-state index contributed by atoms with van der Waals surface area (Å²) in [4.78, 5) is 12.3. The molecule has 0 spiro atoms. The van der Waals surface area contributed by atoms with Crippen LogP contribution in [0.15, 0.2) is 16.3 Å². The standard InChI is InChI=1S/C11H16N2O3S2/c1-8-2-5-10(17-8)18(15,16)13-7-6-12-11(14)9-3-4-9/h2,5,9,13H,3-4,6-7H2,1H3,(H,12,14). The molecule has 0 aromatic carbocycles. The molecule has 0 radical (unpaired) electrons. The van der Waals surface area contributed by atoms with Gasteiger partial charge in [-0.05, 0) is 31.9 Å². The van der Waals surface area contributed by atoms with Crippen molar-refractivity contribution < 1.29 is 13.2 Å². The SMILES string of the molecule is Cc1ccc(S(=O)(=O)NCCNC(=O)C2CC2)s1. The normalized spacial score (nSPS) is 15.6. The molecule has 7 heteroatoms. The minimum absolute atomic E-state index is 0.0289. The van der Waals surface area contributed by atoms with Crippen LogP contribution in [-0.2, 0) is 14.8 Å². The van der Waals surface area contributed by atoms with Crippen LogP contribution in [0.2, 0.25) is 0 Å². The summed E-state index contributed by atoms with van der Waals surface area (Å²) in [5, 5.41) is 2.71. The molecule has 2 rings (SSSR count). The maximum atomic E-state index is 11.8. The molecule has 5 nitrogen and oxygen atoms in total. The first-order chi connectivity index (χ1) is 8.49. The predicted octanol–water partition coefficient (Wildman–Crippen LogP) is 0.861. The average molecular weight is 288 g/mol. The number of hydrogen-bond donors (Lipinski definition) is 2. The number of nitrogens with one attached hydrogen (secondary N) is 2. The molecule has 1 amide bonds. The van der Waals surface area contributed by atoms with Gasteiger partial charge in [0, 0.05) is 23.9 Å². The molecule has 0 bridgehead atoms. The lowest BCUT2D eigenvalue weighted by Crippen LogP contribution is -2.35. The van der Waals surface area contributed by atoms with Crippen LogP contribution in [0.1, 0.15) is 17.7 Å². The first-order valence-corrected chi connectivity index (χ1v) is 8.13. The van der Waals surface area contributed by atoms with Crippen LogP contribution in [0.5, 0.6) is 0 Å². The monoisotopic (exact) mass is 288 g/mol. The van der Waals surface area contributed by atoms with Gasteiger partial charge in [-0.3, -0.25) is 4.79 Å². The number of aryl methyl sites for hydroxylation is 1. The van der Waals surface area contributed by atoms with Gasteiger partial charge in [-0.2, -0.15) is 0 Å². The lowest BCUT2D eigenvalue weighted by atomic mass is 10.4. The van der Waals surface area contributed by atoms with Gasteiger partial charge in [0.15, 0.2) is 0 Å². The van der Waals surface area contributed by atoms with Gasteiger partial charge in [-0.15, -0.1) is 11.3 Å². The van der Waals surface area contributed by atoms with E-state index in [1.165, 1.54) is 11.3 Å². The van der Waals surface area contributed by atoms with E-state index in [1.54, 1.807) is 12.1 Å². The Hall–Kier alpha value is -0.920. The highest BCUT2D eigenvalue weighted by atomic mass is 32.2. The number of thiophene rings is 1. The summed E-state index contributed by atoms with van der Waals surface area (Å²) in [6.45, 7) is 2.41. The van der Waals surface area contributed by atoms with Crippen molar-refractivity contribution in [2.75, 3.05) is 13.1 Å². The number of carbonyl (C=O) groups is 1. The maximum absolute atomic E-state index is 11.8. The number of hydrogen-bond acceptors (Lipinski definition) is 4. The topological polar surface area (TPSA) is 75.3 Å². The second kappa shape index (κ2) is 5.38. The van der Waals surface area contributed by atoms with E-state index in [2.05, 4.69) is 10.0 Å². The molecule has 0 aliphatic heterocycles. The Kier molecular flexibility index (Phi) is 4.04. The largest absolute Gasteiger partial charge is 0.355 e. The molecule has 1 heterocycles. The fraction of sp³-hybridized carbons (Fsp3) is 0.545. The summed E-state index contributed by atoms with van der Waals surface area (Å²) in [5.41, 5.74) is 0. The second-order valence-corrected chi connectivity index (χ2v) is 7.61. The molecule has 1 fully saturated rings. The third-order valence-corrected chi connectivity index (χ3v) is 5.60. The summed E-state index contributed by atoms with van der Waals surface area (Å²) in [7, 11) is -3.42. The molecule has 1 aliphatic rings. The van der Waals surface area contributed by atoms with Gasteiger partial charge in [-0.25, -0.2) is 13.1 Å². The quantitative estimate of drug-likeness (QED) is 0.762. The van der Waals surface area contributed by atoms with E-state index in [0.29, 0.717) is 10.8 Å². The summed E-state index contributed by atoms with van der Waals surface area (Å²) >= 11 is 1.24. The lowest BCUT2D eigenvalue weighted by molar-refractivity contribution is -0.122. The second-order valence-electron chi connectivity index (χ2n) is 4.33. The van der Waals surface area contributed by atoms with Crippen molar-refractivity contribution >= 4 is 27.3 Å². The zero-order valence-corrected chi connectivity index (χ0v) is 11.7. The fourth-order valence-corrected chi connectivity index (χ4v) is 3.85. The average Bonchev–Trinajstić information content (AvgIpc) is 3.07. The highest BCUT2D eigenvalue weighted by Crippen LogP contribution is 2.28. The van der Waals surface area contributed by atoms with Gasteiger partial charge in [0.2, 0.25) is 15.9 Å². The van der Waals surface area contributed by atoms with Gasteiger partial charge in [-0.1, -0.05) is 0 Å². The first kappa shape index (κ1) is 13.5. The van der Waals surface area contributed by atoms with E-state index < -0.39 is 10.0 Å². The van der Waals surface area contributed by atoms with Crippen LogP contribution in [-0.4, -0.2) is 27.4 Å². The molecule has 100 valence electrons. The molecular weight excluding hydrogens is 272 g/mol. The van der Waals surface area contributed by atoms with E-state index in [1.807, 2.05) is 6.92 Å². The van der Waals surface area contributed by atoms with Gasteiger partial charge in [0.1, 0.15) is 4.21 Å². The Morgan fingerprint density at radius 1 is 1.39 bits per heavy atom. The first-order valence-electron chi connectivity index (χ1n) is 5.83. The minimum Gasteiger partial charge on any atom is -0.355 e. The summed E-state index contributed by atoms with van der Waals surface area (Å²) in [6, 6.07) is 3.36. The Bertz CT molecular complexity index is 532. The Balaban J connectivity index is 1.76. The predicted molar refractivity (Wildman–Crippen MR) is 70.0 cm³/mol. The number of rotatable bonds is 6. The van der Waals surface area contributed by atoms with Crippen molar-refractivity contribution in [3.05, 3.63) is 17.0 Å². The summed E-state index contributed by atoms with van der Waals surface area (Å²) < 4.78 is 26.4. The Morgan fingerprint density at radius 2 is 2.11 bits per heavy atom. The number of sulfonamides is 1. The highest BCUT2D eigenvalue weighted by molar-refractivity contribution is 7.91. The van der Waals surface area contributed by atoms with Crippen molar-refractivity contribution in [3.8, 4) is 0 Å². The van der Waals surface area contributed by atoms with Crippen molar-refractivity contribution in [1.82, 2.24) is 10.0 Å². The van der Waals surface area contributed by atoms with Crippen LogP contribution in [0.25, 0.3) is 0 Å². The van der Waals surface area contributed by atoms with Crippen LogP contribution in [0.3, 0.4) is 0 Å². The Morgan fingerprint density at radius 3 is 2.67 bits per heavy atom. The molecule has 1 aromatic heterocycles. The van der Waals surface area contributed by atoms with Crippen molar-refractivity contribution in [1.29, 1.82) is 0 Å².